The Balaban J connectivity index is 2.20. The van der Waals surface area contributed by atoms with Crippen molar-refractivity contribution in [3.05, 3.63) is 35.6 Å². The molecule has 20 heavy (non-hydrogen) atoms. The second-order valence-electron chi connectivity index (χ2n) is 3.89. The number of urea groups is 1. The minimum Gasteiger partial charge on any atom is -0.382 e. The molecule has 6 nitrogen and oxygen atoms in total. The Morgan fingerprint density at radius 3 is 2.55 bits per heavy atom. The van der Waals surface area contributed by atoms with Gasteiger partial charge in [0.1, 0.15) is 5.82 Å². The number of rotatable bonds is 6. The van der Waals surface area contributed by atoms with Crippen LogP contribution in [0.3, 0.4) is 0 Å². The summed E-state index contributed by atoms with van der Waals surface area (Å²) in [6.07, 6.45) is 0.688. The molecule has 0 unspecified atom stereocenters. The number of benzene rings is 1. The zero-order valence-electron chi connectivity index (χ0n) is 11.2. The molecule has 1 aromatic carbocycles. The summed E-state index contributed by atoms with van der Waals surface area (Å²) >= 11 is 0. The molecule has 3 N–H and O–H groups in total. The van der Waals surface area contributed by atoms with Crippen molar-refractivity contribution in [2.75, 3.05) is 19.8 Å². The molecular weight excluding hydrogens is 265 g/mol. The van der Waals surface area contributed by atoms with E-state index in [0.717, 1.165) is 0 Å². The molecule has 1 aromatic rings. The van der Waals surface area contributed by atoms with Crippen molar-refractivity contribution < 1.29 is 18.7 Å². The minimum atomic E-state index is -0.519. The molecule has 0 aliphatic heterocycles. The van der Waals surface area contributed by atoms with Crippen LogP contribution in [0, 0.1) is 5.82 Å². The Bertz CT molecular complexity index is 437. The SMILES string of the molecule is CCOCCCNC(=O)NNC(=O)c1ccc(F)cc1. The average Bonchev–Trinajstić information content (AvgIpc) is 2.45. The molecule has 0 aliphatic carbocycles. The molecule has 0 radical (unpaired) electrons. The number of hydrogen-bond acceptors (Lipinski definition) is 3. The van der Waals surface area contributed by atoms with E-state index in [2.05, 4.69) is 16.2 Å². The lowest BCUT2D eigenvalue weighted by Gasteiger charge is -2.09. The van der Waals surface area contributed by atoms with Crippen LogP contribution in [-0.4, -0.2) is 31.7 Å². The first-order valence-electron chi connectivity index (χ1n) is 6.31. The molecule has 0 atom stereocenters. The highest BCUT2D eigenvalue weighted by Gasteiger charge is 2.06. The Morgan fingerprint density at radius 2 is 1.90 bits per heavy atom. The molecule has 0 heterocycles. The van der Waals surface area contributed by atoms with Gasteiger partial charge in [-0.25, -0.2) is 14.6 Å². The van der Waals surface area contributed by atoms with Crippen molar-refractivity contribution >= 4 is 11.9 Å². The lowest BCUT2D eigenvalue weighted by Crippen LogP contribution is -2.47. The zero-order valence-corrected chi connectivity index (χ0v) is 11.2. The first-order chi connectivity index (χ1) is 9.63. The summed E-state index contributed by atoms with van der Waals surface area (Å²) in [5.41, 5.74) is 4.67. The maximum atomic E-state index is 12.7. The van der Waals surface area contributed by atoms with Crippen molar-refractivity contribution in [2.24, 2.45) is 0 Å². The van der Waals surface area contributed by atoms with E-state index in [1.807, 2.05) is 6.92 Å². The summed E-state index contributed by atoms with van der Waals surface area (Å²) in [4.78, 5) is 22.9. The highest BCUT2D eigenvalue weighted by molar-refractivity contribution is 5.95. The van der Waals surface area contributed by atoms with Crippen LogP contribution < -0.4 is 16.2 Å². The van der Waals surface area contributed by atoms with E-state index in [1.165, 1.54) is 24.3 Å². The Morgan fingerprint density at radius 1 is 1.20 bits per heavy atom. The fourth-order valence-corrected chi connectivity index (χ4v) is 1.35. The van der Waals surface area contributed by atoms with Crippen LogP contribution in [-0.2, 0) is 4.74 Å². The molecule has 0 saturated carbocycles. The van der Waals surface area contributed by atoms with Gasteiger partial charge in [0.15, 0.2) is 0 Å². The van der Waals surface area contributed by atoms with E-state index in [9.17, 15) is 14.0 Å². The minimum absolute atomic E-state index is 0.253. The number of hydrogen-bond donors (Lipinski definition) is 3. The van der Waals surface area contributed by atoms with Gasteiger partial charge in [-0.2, -0.15) is 0 Å². The van der Waals surface area contributed by atoms with Crippen molar-refractivity contribution in [3.8, 4) is 0 Å². The van der Waals surface area contributed by atoms with E-state index in [-0.39, 0.29) is 5.56 Å². The maximum absolute atomic E-state index is 12.7. The van der Waals surface area contributed by atoms with Gasteiger partial charge >= 0.3 is 6.03 Å². The first-order valence-corrected chi connectivity index (χ1v) is 6.31. The Labute approximate surface area is 116 Å². The van der Waals surface area contributed by atoms with E-state index < -0.39 is 17.8 Å². The smallest absolute Gasteiger partial charge is 0.333 e. The topological polar surface area (TPSA) is 79.5 Å². The normalized spacial score (nSPS) is 9.90. The summed E-state index contributed by atoms with van der Waals surface area (Å²) in [7, 11) is 0. The molecule has 0 bridgehead atoms. The summed E-state index contributed by atoms with van der Waals surface area (Å²) < 4.78 is 17.8. The molecule has 0 spiro atoms. The van der Waals surface area contributed by atoms with E-state index in [1.54, 1.807) is 0 Å². The third-order valence-electron chi connectivity index (χ3n) is 2.35. The molecule has 0 aliphatic rings. The van der Waals surface area contributed by atoms with Crippen LogP contribution in [0.15, 0.2) is 24.3 Å². The van der Waals surface area contributed by atoms with Crippen molar-refractivity contribution in [3.63, 3.8) is 0 Å². The van der Waals surface area contributed by atoms with Crippen molar-refractivity contribution in [1.29, 1.82) is 0 Å². The van der Waals surface area contributed by atoms with Gasteiger partial charge in [0, 0.05) is 25.3 Å². The molecule has 0 fully saturated rings. The van der Waals surface area contributed by atoms with E-state index in [0.29, 0.717) is 26.2 Å². The summed E-state index contributed by atoms with van der Waals surface area (Å²) in [5.74, 6) is -0.948. The molecular formula is C13H18FN3O3. The Kier molecular flexibility index (Phi) is 7.05. The number of nitrogens with one attached hydrogen (secondary N) is 3. The van der Waals surface area contributed by atoms with Crippen LogP contribution in [0.5, 0.6) is 0 Å². The van der Waals surface area contributed by atoms with Crippen molar-refractivity contribution in [2.45, 2.75) is 13.3 Å². The largest absolute Gasteiger partial charge is 0.382 e. The van der Waals surface area contributed by atoms with Crippen LogP contribution in [0.4, 0.5) is 9.18 Å². The molecule has 1 rings (SSSR count). The number of ether oxygens (including phenoxy) is 1. The lowest BCUT2D eigenvalue weighted by atomic mass is 10.2. The fraction of sp³-hybridized carbons (Fsp3) is 0.385. The number of halogens is 1. The summed E-state index contributed by atoms with van der Waals surface area (Å²) in [5, 5.41) is 2.55. The van der Waals surface area contributed by atoms with Gasteiger partial charge in [-0.05, 0) is 37.6 Å². The molecule has 0 aromatic heterocycles. The van der Waals surface area contributed by atoms with Crippen LogP contribution in [0.2, 0.25) is 0 Å². The number of carbonyl (C=O) groups is 2. The van der Waals surface area contributed by atoms with Gasteiger partial charge in [0.25, 0.3) is 5.91 Å². The second kappa shape index (κ2) is 8.87. The third-order valence-corrected chi connectivity index (χ3v) is 2.35. The summed E-state index contributed by atoms with van der Waals surface area (Å²) in [6.45, 7) is 3.54. The molecule has 110 valence electrons. The van der Waals surface area contributed by atoms with Gasteiger partial charge in [0.05, 0.1) is 0 Å². The van der Waals surface area contributed by atoms with Gasteiger partial charge in [0.2, 0.25) is 0 Å². The second-order valence-corrected chi connectivity index (χ2v) is 3.89. The molecule has 0 saturated heterocycles. The standard InChI is InChI=1S/C13H18FN3O3/c1-2-20-9-3-8-15-13(19)17-16-12(18)10-4-6-11(14)7-5-10/h4-7H,2-3,8-9H2,1H3,(H,16,18)(H2,15,17,19). The molecule has 3 amide bonds. The van der Waals surface area contributed by atoms with Crippen molar-refractivity contribution in [1.82, 2.24) is 16.2 Å². The highest BCUT2D eigenvalue weighted by atomic mass is 19.1. The third kappa shape index (κ3) is 6.14. The Hall–Kier alpha value is -2.15. The monoisotopic (exact) mass is 283 g/mol. The van der Waals surface area contributed by atoms with E-state index in [4.69, 9.17) is 4.74 Å². The number of carbonyl (C=O) groups excluding carboxylic acids is 2. The predicted octanol–water partition coefficient (Wildman–Crippen LogP) is 1.20. The van der Waals surface area contributed by atoms with Crippen LogP contribution >= 0.6 is 0 Å². The fourth-order valence-electron chi connectivity index (χ4n) is 1.35. The van der Waals surface area contributed by atoms with Gasteiger partial charge in [-0.3, -0.25) is 10.2 Å². The number of amides is 3. The average molecular weight is 283 g/mol. The zero-order chi connectivity index (χ0) is 14.8. The van der Waals surface area contributed by atoms with Crippen LogP contribution in [0.25, 0.3) is 0 Å². The lowest BCUT2D eigenvalue weighted by molar-refractivity contribution is 0.0936. The van der Waals surface area contributed by atoms with Gasteiger partial charge < -0.3 is 10.1 Å². The highest BCUT2D eigenvalue weighted by Crippen LogP contribution is 2.01. The quantitative estimate of drug-likeness (QED) is 0.542. The summed E-state index contributed by atoms with van der Waals surface area (Å²) in [6, 6.07) is 4.47. The first kappa shape index (κ1) is 15.9. The predicted molar refractivity (Wildman–Crippen MR) is 71.5 cm³/mol. The van der Waals surface area contributed by atoms with Crippen LogP contribution in [0.1, 0.15) is 23.7 Å². The van der Waals surface area contributed by atoms with Gasteiger partial charge in [-0.15, -0.1) is 0 Å². The van der Waals surface area contributed by atoms with E-state index >= 15 is 0 Å². The van der Waals surface area contributed by atoms with Gasteiger partial charge in [-0.1, -0.05) is 0 Å². The number of hydrazine groups is 1. The maximum Gasteiger partial charge on any atom is 0.333 e. The molecule has 7 heteroatoms.